The summed E-state index contributed by atoms with van der Waals surface area (Å²) in [5, 5.41) is 11.6. The summed E-state index contributed by atoms with van der Waals surface area (Å²) < 4.78 is 7.45. The van der Waals surface area contributed by atoms with Gasteiger partial charge in [0.1, 0.15) is 0 Å². The third-order valence-corrected chi connectivity index (χ3v) is 2.86. The fraction of sp³-hybridized carbons (Fsp3) is 0. The van der Waals surface area contributed by atoms with Crippen LogP contribution in [-0.2, 0) is 0 Å². The Hall–Kier alpha value is -1.99. The molecule has 1 aromatic carbocycles. The topological polar surface area (TPSA) is 92.2 Å². The van der Waals surface area contributed by atoms with E-state index >= 15 is 0 Å². The molecule has 0 aliphatic carbocycles. The average Bonchev–Trinajstić information content (AvgIpc) is 2.85. The van der Waals surface area contributed by atoms with Crippen LogP contribution in [-0.4, -0.2) is 25.7 Å². The highest BCUT2D eigenvalue weighted by atomic mass is 35.5. The van der Waals surface area contributed by atoms with Crippen molar-refractivity contribution in [1.29, 1.82) is 0 Å². The van der Waals surface area contributed by atoms with Crippen molar-refractivity contribution in [1.82, 2.24) is 8.75 Å². The molecule has 0 aliphatic heterocycles. The smallest absolute Gasteiger partial charge is 0.335 e. The van der Waals surface area contributed by atoms with Gasteiger partial charge in [-0.25, -0.2) is 4.79 Å². The first kappa shape index (κ1) is 12.5. The Bertz CT molecular complexity index is 600. The number of rotatable bonds is 3. The first-order valence-corrected chi connectivity index (χ1v) is 5.80. The van der Waals surface area contributed by atoms with E-state index in [1.807, 2.05) is 0 Å². The van der Waals surface area contributed by atoms with Crippen molar-refractivity contribution in [2.45, 2.75) is 0 Å². The second kappa shape index (κ2) is 5.11. The quantitative estimate of drug-likeness (QED) is 0.900. The molecule has 2 rings (SSSR count). The van der Waals surface area contributed by atoms with Gasteiger partial charge in [0.2, 0.25) is 0 Å². The van der Waals surface area contributed by atoms with Crippen molar-refractivity contribution in [2.24, 2.45) is 0 Å². The number of anilines is 1. The molecule has 0 spiro atoms. The predicted molar refractivity (Wildman–Crippen MR) is 66.3 cm³/mol. The molecule has 2 N–H and O–H groups in total. The van der Waals surface area contributed by atoms with E-state index in [1.54, 1.807) is 0 Å². The lowest BCUT2D eigenvalue weighted by atomic mass is 10.2. The second-order valence-corrected chi connectivity index (χ2v) is 4.21. The maximum Gasteiger partial charge on any atom is 0.335 e. The van der Waals surface area contributed by atoms with Gasteiger partial charge in [-0.3, -0.25) is 4.79 Å². The van der Waals surface area contributed by atoms with Crippen LogP contribution in [0.5, 0.6) is 0 Å². The number of carbonyl (C=O) groups excluding carboxylic acids is 1. The van der Waals surface area contributed by atoms with Gasteiger partial charge < -0.3 is 10.4 Å². The summed E-state index contributed by atoms with van der Waals surface area (Å²) >= 11 is 6.77. The number of halogens is 1. The number of aromatic carboxylic acids is 1. The van der Waals surface area contributed by atoms with Gasteiger partial charge in [-0.15, -0.1) is 0 Å². The summed E-state index contributed by atoms with van der Waals surface area (Å²) in [6.45, 7) is 0. The summed E-state index contributed by atoms with van der Waals surface area (Å²) in [5.41, 5.74) is 0.400. The van der Waals surface area contributed by atoms with Crippen molar-refractivity contribution < 1.29 is 14.7 Å². The molecular weight excluding hydrogens is 278 g/mol. The molecule has 2 aromatic rings. The second-order valence-electron chi connectivity index (χ2n) is 3.25. The minimum absolute atomic E-state index is 0.0334. The van der Waals surface area contributed by atoms with Gasteiger partial charge in [0, 0.05) is 0 Å². The molecule has 1 heterocycles. The number of benzene rings is 1. The standard InChI is InChI=1S/C10H6ClN3O3S/c11-6-2-1-5(10(16)17)3-7(6)13-9(15)8-4-12-18-14-8/h1-4H,(H,13,15)(H,16,17). The Morgan fingerprint density at radius 2 is 2.17 bits per heavy atom. The van der Waals surface area contributed by atoms with Gasteiger partial charge in [0.05, 0.1) is 34.2 Å². The Labute approximate surface area is 111 Å². The summed E-state index contributed by atoms with van der Waals surface area (Å²) in [7, 11) is 0. The van der Waals surface area contributed by atoms with Crippen LogP contribution in [0.2, 0.25) is 5.02 Å². The summed E-state index contributed by atoms with van der Waals surface area (Å²) in [6, 6.07) is 4.03. The fourth-order valence-electron chi connectivity index (χ4n) is 1.21. The van der Waals surface area contributed by atoms with Crippen LogP contribution < -0.4 is 5.32 Å². The van der Waals surface area contributed by atoms with Gasteiger partial charge in [-0.05, 0) is 18.2 Å². The molecule has 0 saturated heterocycles. The Kier molecular flexibility index (Phi) is 3.54. The first-order chi connectivity index (χ1) is 8.58. The summed E-state index contributed by atoms with van der Waals surface area (Å²) in [4.78, 5) is 22.5. The summed E-state index contributed by atoms with van der Waals surface area (Å²) in [6.07, 6.45) is 1.31. The molecule has 0 fully saturated rings. The number of carboxylic acids is 1. The average molecular weight is 284 g/mol. The third-order valence-electron chi connectivity index (χ3n) is 2.06. The highest BCUT2D eigenvalue weighted by Gasteiger charge is 2.13. The van der Waals surface area contributed by atoms with Crippen molar-refractivity contribution in [3.63, 3.8) is 0 Å². The predicted octanol–water partition coefficient (Wildman–Crippen LogP) is 2.14. The lowest BCUT2D eigenvalue weighted by Gasteiger charge is -2.06. The van der Waals surface area contributed by atoms with Crippen LogP contribution in [0.25, 0.3) is 0 Å². The number of carbonyl (C=O) groups is 2. The van der Waals surface area contributed by atoms with Crippen LogP contribution >= 0.6 is 23.3 Å². The molecule has 6 nitrogen and oxygen atoms in total. The summed E-state index contributed by atoms with van der Waals surface area (Å²) in [5.74, 6) is -1.59. The number of amides is 1. The molecule has 0 atom stereocenters. The number of hydrogen-bond acceptors (Lipinski definition) is 5. The SMILES string of the molecule is O=C(O)c1ccc(Cl)c(NC(=O)c2cnsn2)c1. The Morgan fingerprint density at radius 1 is 1.39 bits per heavy atom. The number of nitrogens with one attached hydrogen (secondary N) is 1. The first-order valence-electron chi connectivity index (χ1n) is 4.69. The minimum Gasteiger partial charge on any atom is -0.478 e. The van der Waals surface area contributed by atoms with E-state index in [1.165, 1.54) is 24.4 Å². The highest BCUT2D eigenvalue weighted by molar-refractivity contribution is 6.99. The molecule has 0 saturated carbocycles. The van der Waals surface area contributed by atoms with E-state index in [0.29, 0.717) is 0 Å². The normalized spacial score (nSPS) is 10.1. The number of carboxylic acid groups (broad SMARTS) is 1. The zero-order chi connectivity index (χ0) is 13.1. The fourth-order valence-corrected chi connectivity index (χ4v) is 1.78. The van der Waals surface area contributed by atoms with E-state index in [0.717, 1.165) is 11.7 Å². The molecule has 18 heavy (non-hydrogen) atoms. The van der Waals surface area contributed by atoms with Crippen LogP contribution in [0.1, 0.15) is 20.8 Å². The molecular formula is C10H6ClN3O3S. The van der Waals surface area contributed by atoms with Crippen LogP contribution in [0, 0.1) is 0 Å². The third kappa shape index (κ3) is 2.63. The van der Waals surface area contributed by atoms with Crippen molar-refractivity contribution >= 4 is 40.9 Å². The number of hydrogen-bond donors (Lipinski definition) is 2. The Balaban J connectivity index is 2.26. The zero-order valence-corrected chi connectivity index (χ0v) is 10.3. The number of aromatic nitrogens is 2. The molecule has 0 radical (unpaired) electrons. The molecule has 8 heteroatoms. The van der Waals surface area contributed by atoms with Gasteiger partial charge in [-0.1, -0.05) is 11.6 Å². The van der Waals surface area contributed by atoms with E-state index < -0.39 is 11.9 Å². The number of nitrogens with zero attached hydrogens (tertiary/aromatic N) is 2. The van der Waals surface area contributed by atoms with E-state index in [9.17, 15) is 9.59 Å². The Morgan fingerprint density at radius 3 is 2.78 bits per heavy atom. The molecule has 0 aliphatic rings. The van der Waals surface area contributed by atoms with Gasteiger partial charge in [0.25, 0.3) is 5.91 Å². The molecule has 1 aromatic heterocycles. The van der Waals surface area contributed by atoms with Gasteiger partial charge in [-0.2, -0.15) is 8.75 Å². The van der Waals surface area contributed by atoms with Gasteiger partial charge in [0.15, 0.2) is 5.69 Å². The van der Waals surface area contributed by atoms with Crippen LogP contribution in [0.15, 0.2) is 24.4 Å². The van der Waals surface area contributed by atoms with Crippen molar-refractivity contribution in [2.75, 3.05) is 5.32 Å². The van der Waals surface area contributed by atoms with E-state index in [2.05, 4.69) is 14.1 Å². The lowest BCUT2D eigenvalue weighted by molar-refractivity contribution is 0.0696. The van der Waals surface area contributed by atoms with Gasteiger partial charge >= 0.3 is 5.97 Å². The molecule has 1 amide bonds. The zero-order valence-electron chi connectivity index (χ0n) is 8.75. The molecule has 0 bridgehead atoms. The maximum atomic E-state index is 11.7. The van der Waals surface area contributed by atoms with Crippen LogP contribution in [0.4, 0.5) is 5.69 Å². The highest BCUT2D eigenvalue weighted by Crippen LogP contribution is 2.23. The maximum absolute atomic E-state index is 11.7. The lowest BCUT2D eigenvalue weighted by Crippen LogP contribution is -2.13. The molecule has 92 valence electrons. The van der Waals surface area contributed by atoms with Crippen LogP contribution in [0.3, 0.4) is 0 Å². The van der Waals surface area contributed by atoms with E-state index in [4.69, 9.17) is 16.7 Å². The van der Waals surface area contributed by atoms with Crippen molar-refractivity contribution in [3.05, 3.63) is 40.7 Å². The molecule has 0 unspecified atom stereocenters. The van der Waals surface area contributed by atoms with Crippen molar-refractivity contribution in [3.8, 4) is 0 Å². The van der Waals surface area contributed by atoms with E-state index in [-0.39, 0.29) is 22.0 Å². The monoisotopic (exact) mass is 283 g/mol. The minimum atomic E-state index is -1.10. The largest absolute Gasteiger partial charge is 0.478 e.